The van der Waals surface area contributed by atoms with E-state index >= 15 is 4.39 Å². The normalized spacial score (nSPS) is 31.2. The van der Waals surface area contributed by atoms with E-state index in [1.807, 2.05) is 0 Å². The number of rotatable bonds is 16. The fourth-order valence-corrected chi connectivity index (χ4v) is 5.71. The van der Waals surface area contributed by atoms with Crippen molar-refractivity contribution >= 4 is 5.97 Å². The molecule has 2 heterocycles. The minimum absolute atomic E-state index is 0.0376. The van der Waals surface area contributed by atoms with Crippen LogP contribution in [0.2, 0.25) is 0 Å². The molecule has 218 valence electrons. The highest BCUT2D eigenvalue weighted by atomic mass is 19.1. The Morgan fingerprint density at radius 2 is 1.79 bits per heavy atom. The molecule has 2 saturated heterocycles. The molecule has 0 aromatic carbocycles. The number of carbonyl (C=O) groups is 1. The topological polar surface area (TPSA) is 63.2 Å². The Morgan fingerprint density at radius 1 is 1.03 bits per heavy atom. The van der Waals surface area contributed by atoms with Crippen LogP contribution in [-0.2, 0) is 28.5 Å². The largest absolute Gasteiger partial charge is 0.469 e. The second kappa shape index (κ2) is 18.1. The molecule has 0 bridgehead atoms. The van der Waals surface area contributed by atoms with Gasteiger partial charge in [-0.25, -0.2) is 4.39 Å². The van der Waals surface area contributed by atoms with Gasteiger partial charge < -0.3 is 23.7 Å². The number of hydrogen-bond acceptors (Lipinski definition) is 6. The van der Waals surface area contributed by atoms with Crippen LogP contribution in [0.15, 0.2) is 24.3 Å². The summed E-state index contributed by atoms with van der Waals surface area (Å²) in [6.07, 6.45) is 20.4. The molecule has 3 fully saturated rings. The van der Waals surface area contributed by atoms with E-state index in [9.17, 15) is 4.79 Å². The predicted molar refractivity (Wildman–Crippen MR) is 146 cm³/mol. The Balaban J connectivity index is 1.65. The maximum Gasteiger partial charge on any atom is 0.305 e. The van der Waals surface area contributed by atoms with E-state index in [1.165, 1.54) is 13.5 Å². The van der Waals surface area contributed by atoms with Crippen molar-refractivity contribution < 1.29 is 32.9 Å². The summed E-state index contributed by atoms with van der Waals surface area (Å²) in [5, 5.41) is 0. The third-order valence-electron chi connectivity index (χ3n) is 7.97. The fraction of sp³-hybridized carbons (Fsp3) is 0.839. The number of carbonyl (C=O) groups excluding carboxylic acids is 1. The molecule has 0 amide bonds. The maximum absolute atomic E-state index is 15.4. The molecule has 0 aromatic rings. The second-order valence-electron chi connectivity index (χ2n) is 11.0. The summed E-state index contributed by atoms with van der Waals surface area (Å²) in [6, 6.07) is 0. The molecule has 6 nitrogen and oxygen atoms in total. The van der Waals surface area contributed by atoms with E-state index < -0.39 is 6.17 Å². The molecular weight excluding hydrogens is 487 g/mol. The monoisotopic (exact) mass is 538 g/mol. The highest BCUT2D eigenvalue weighted by Crippen LogP contribution is 2.41. The zero-order valence-corrected chi connectivity index (χ0v) is 23.7. The standard InChI is InChI=1S/C31H51FO6/c1-3-4-7-14-24(37-30-17-10-12-21-35-30)19-20-26-25(15-8-5-6-9-16-29(33)34-2)27(32)23-28(26)38-31-18-11-13-22-36-31/h5,8,19-20,24-28,30-31H,3-4,6-7,9-18,21-23H2,1-2H3/b8-5-,20-19+/t24-,25+,26+,27+,28+,30?,31?/m0/s1. The molecule has 0 spiro atoms. The van der Waals surface area contributed by atoms with Crippen LogP contribution < -0.4 is 0 Å². The molecule has 2 aliphatic heterocycles. The number of methoxy groups -OCH3 is 1. The first-order valence-electron chi connectivity index (χ1n) is 15.2. The first-order valence-corrected chi connectivity index (χ1v) is 15.2. The van der Waals surface area contributed by atoms with Gasteiger partial charge in [0.05, 0.1) is 19.3 Å². The van der Waals surface area contributed by atoms with Crippen LogP contribution in [0.25, 0.3) is 0 Å². The molecule has 1 saturated carbocycles. The number of allylic oxidation sites excluding steroid dienone is 2. The predicted octanol–water partition coefficient (Wildman–Crippen LogP) is 7.21. The number of hydrogen-bond donors (Lipinski definition) is 0. The molecule has 1 aliphatic carbocycles. The van der Waals surface area contributed by atoms with Crippen molar-refractivity contribution in [1.29, 1.82) is 0 Å². The third-order valence-corrected chi connectivity index (χ3v) is 7.97. The lowest BCUT2D eigenvalue weighted by Gasteiger charge is -2.30. The molecule has 0 N–H and O–H groups in total. The van der Waals surface area contributed by atoms with Gasteiger partial charge in [-0.15, -0.1) is 0 Å². The lowest BCUT2D eigenvalue weighted by Crippen LogP contribution is -2.31. The Hall–Kier alpha value is -1.28. The Morgan fingerprint density at radius 3 is 2.47 bits per heavy atom. The second-order valence-corrected chi connectivity index (χ2v) is 11.0. The number of ether oxygens (including phenoxy) is 5. The van der Waals surface area contributed by atoms with Crippen LogP contribution in [-0.4, -0.2) is 57.3 Å². The minimum Gasteiger partial charge on any atom is -0.469 e. The van der Waals surface area contributed by atoms with Gasteiger partial charge in [0, 0.05) is 37.9 Å². The van der Waals surface area contributed by atoms with Gasteiger partial charge in [-0.1, -0.05) is 50.5 Å². The van der Waals surface area contributed by atoms with Crippen LogP contribution in [0.5, 0.6) is 0 Å². The van der Waals surface area contributed by atoms with Crippen molar-refractivity contribution in [1.82, 2.24) is 0 Å². The van der Waals surface area contributed by atoms with E-state index in [0.29, 0.717) is 25.9 Å². The molecule has 2 unspecified atom stereocenters. The molecule has 0 radical (unpaired) electrons. The summed E-state index contributed by atoms with van der Waals surface area (Å²) in [4.78, 5) is 11.3. The van der Waals surface area contributed by atoms with Crippen LogP contribution in [0, 0.1) is 11.8 Å². The SMILES string of the molecule is CCCCC[C@@H](/C=C/[C@@H]1[C@@H](C/C=C\CCCC(=O)OC)[C@H](F)C[C@H]1OC1CCCCO1)OC1CCCCO1. The summed E-state index contributed by atoms with van der Waals surface area (Å²) >= 11 is 0. The van der Waals surface area contributed by atoms with Gasteiger partial charge in [0.2, 0.25) is 0 Å². The summed E-state index contributed by atoms with van der Waals surface area (Å²) in [7, 11) is 1.41. The van der Waals surface area contributed by atoms with Crippen molar-refractivity contribution in [2.45, 2.75) is 134 Å². The summed E-state index contributed by atoms with van der Waals surface area (Å²) < 4.78 is 44.6. The number of unbranched alkanes of at least 4 members (excludes halogenated alkanes) is 3. The zero-order chi connectivity index (χ0) is 27.0. The van der Waals surface area contributed by atoms with Crippen molar-refractivity contribution in [2.75, 3.05) is 20.3 Å². The summed E-state index contributed by atoms with van der Waals surface area (Å²) in [5.74, 6) is -0.388. The quantitative estimate of drug-likeness (QED) is 0.118. The summed E-state index contributed by atoms with van der Waals surface area (Å²) in [5.41, 5.74) is 0. The molecule has 38 heavy (non-hydrogen) atoms. The smallest absolute Gasteiger partial charge is 0.305 e. The first-order chi connectivity index (χ1) is 18.6. The Labute approximate surface area is 229 Å². The van der Waals surface area contributed by atoms with Crippen LogP contribution in [0.3, 0.4) is 0 Å². The highest BCUT2D eigenvalue weighted by Gasteiger charge is 2.43. The highest BCUT2D eigenvalue weighted by molar-refractivity contribution is 5.69. The lowest BCUT2D eigenvalue weighted by atomic mass is 9.89. The van der Waals surface area contributed by atoms with Gasteiger partial charge in [-0.05, 0) is 64.2 Å². The average molecular weight is 539 g/mol. The first kappa shape index (κ1) is 31.3. The van der Waals surface area contributed by atoms with Gasteiger partial charge in [0.15, 0.2) is 12.6 Å². The minimum atomic E-state index is -0.931. The number of alkyl halides is 1. The van der Waals surface area contributed by atoms with E-state index in [2.05, 4.69) is 31.2 Å². The fourth-order valence-electron chi connectivity index (χ4n) is 5.71. The van der Waals surface area contributed by atoms with Gasteiger partial charge in [0.25, 0.3) is 0 Å². The summed E-state index contributed by atoms with van der Waals surface area (Å²) in [6.45, 7) is 3.68. The van der Waals surface area contributed by atoms with Crippen molar-refractivity contribution in [3.8, 4) is 0 Å². The maximum atomic E-state index is 15.4. The Bertz CT molecular complexity index is 700. The zero-order valence-electron chi connectivity index (χ0n) is 23.7. The molecular formula is C31H51FO6. The van der Waals surface area contributed by atoms with Gasteiger partial charge in [-0.3, -0.25) is 4.79 Å². The van der Waals surface area contributed by atoms with E-state index in [4.69, 9.17) is 23.7 Å². The van der Waals surface area contributed by atoms with E-state index in [0.717, 1.165) is 77.2 Å². The van der Waals surface area contributed by atoms with Crippen molar-refractivity contribution in [3.63, 3.8) is 0 Å². The number of halogens is 1. The molecule has 3 rings (SSSR count). The van der Waals surface area contributed by atoms with Gasteiger partial charge in [0.1, 0.15) is 6.17 Å². The third kappa shape index (κ3) is 11.1. The Kier molecular flexibility index (Phi) is 14.9. The van der Waals surface area contributed by atoms with Crippen LogP contribution in [0.4, 0.5) is 4.39 Å². The van der Waals surface area contributed by atoms with Crippen LogP contribution >= 0.6 is 0 Å². The lowest BCUT2D eigenvalue weighted by molar-refractivity contribution is -0.193. The average Bonchev–Trinajstić information content (AvgIpc) is 3.23. The van der Waals surface area contributed by atoms with Crippen molar-refractivity contribution in [3.05, 3.63) is 24.3 Å². The number of esters is 1. The van der Waals surface area contributed by atoms with E-state index in [1.54, 1.807) is 0 Å². The van der Waals surface area contributed by atoms with E-state index in [-0.39, 0.29) is 42.6 Å². The molecule has 3 aliphatic rings. The van der Waals surface area contributed by atoms with Crippen molar-refractivity contribution in [2.24, 2.45) is 11.8 Å². The van der Waals surface area contributed by atoms with Crippen LogP contribution in [0.1, 0.15) is 103 Å². The van der Waals surface area contributed by atoms with Gasteiger partial charge >= 0.3 is 5.97 Å². The molecule has 0 aromatic heterocycles. The van der Waals surface area contributed by atoms with Gasteiger partial charge in [-0.2, -0.15) is 0 Å². The molecule has 7 atom stereocenters. The molecule has 7 heteroatoms.